The Balaban J connectivity index is 1.91. The van der Waals surface area contributed by atoms with Crippen molar-refractivity contribution in [2.24, 2.45) is 0 Å². The molecule has 0 unspecified atom stereocenters. The third-order valence-corrected chi connectivity index (χ3v) is 5.03. The Kier molecular flexibility index (Phi) is 6.29. The number of sulfonamides is 1. The zero-order valence-corrected chi connectivity index (χ0v) is 17.2. The summed E-state index contributed by atoms with van der Waals surface area (Å²) >= 11 is 0. The summed E-state index contributed by atoms with van der Waals surface area (Å²) in [5.74, 6) is -0.186. The summed E-state index contributed by atoms with van der Waals surface area (Å²) in [6.45, 7) is 2.84. The van der Waals surface area contributed by atoms with Crippen LogP contribution in [-0.2, 0) is 23.1 Å². The van der Waals surface area contributed by atoms with Gasteiger partial charge in [0.25, 0.3) is 5.91 Å². The first-order valence-corrected chi connectivity index (χ1v) is 11.0. The molecule has 7 heteroatoms. The predicted molar refractivity (Wildman–Crippen MR) is 114 cm³/mol. The molecule has 3 aromatic rings. The van der Waals surface area contributed by atoms with E-state index in [0.29, 0.717) is 24.3 Å². The number of nitrogens with one attached hydrogen (secondary N) is 1. The number of benzene rings is 2. The van der Waals surface area contributed by atoms with Crippen molar-refractivity contribution in [3.8, 4) is 0 Å². The molecule has 0 aliphatic carbocycles. The third-order valence-electron chi connectivity index (χ3n) is 4.42. The van der Waals surface area contributed by atoms with E-state index in [2.05, 4.69) is 9.71 Å². The highest BCUT2D eigenvalue weighted by Gasteiger charge is 2.18. The average molecular weight is 410 g/mol. The molecule has 1 amide bonds. The van der Waals surface area contributed by atoms with E-state index >= 15 is 0 Å². The molecule has 0 saturated heterocycles. The number of hydrogen-bond donors (Lipinski definition) is 1. The third kappa shape index (κ3) is 5.89. The summed E-state index contributed by atoms with van der Waals surface area (Å²) in [5, 5.41) is 0. The maximum atomic E-state index is 13.3. The lowest BCUT2D eigenvalue weighted by Crippen LogP contribution is -2.30. The van der Waals surface area contributed by atoms with Crippen LogP contribution in [-0.4, -0.2) is 30.5 Å². The van der Waals surface area contributed by atoms with Gasteiger partial charge in [0.2, 0.25) is 10.0 Å². The quantitative estimate of drug-likeness (QED) is 0.647. The van der Waals surface area contributed by atoms with Gasteiger partial charge in [-0.25, -0.2) is 8.42 Å². The van der Waals surface area contributed by atoms with Gasteiger partial charge in [0, 0.05) is 36.7 Å². The van der Waals surface area contributed by atoms with Gasteiger partial charge in [0.15, 0.2) is 0 Å². The van der Waals surface area contributed by atoms with Crippen LogP contribution in [0.1, 0.15) is 27.0 Å². The molecule has 1 N–H and O–H groups in total. The smallest absolute Gasteiger partial charge is 0.254 e. The van der Waals surface area contributed by atoms with Crippen molar-refractivity contribution < 1.29 is 13.2 Å². The summed E-state index contributed by atoms with van der Waals surface area (Å²) in [6.07, 6.45) is 4.51. The molecule has 6 nitrogen and oxygen atoms in total. The normalized spacial score (nSPS) is 11.1. The van der Waals surface area contributed by atoms with E-state index in [0.717, 1.165) is 22.9 Å². The fourth-order valence-corrected chi connectivity index (χ4v) is 3.57. The largest absolute Gasteiger partial charge is 0.330 e. The molecule has 2 aromatic carbocycles. The number of anilines is 1. The second-order valence-corrected chi connectivity index (χ2v) is 8.65. The van der Waals surface area contributed by atoms with Crippen LogP contribution < -0.4 is 4.72 Å². The first-order chi connectivity index (χ1) is 13.8. The zero-order chi connectivity index (χ0) is 20.9. The standard InChI is InChI=1S/C22H23N3O3S/c1-17-7-3-4-9-20(17)16-25(15-18-8-6-12-23-14-18)22(26)19-10-5-11-21(13-19)24-29(2,27)28/h3-14,24H,15-16H2,1-2H3. The summed E-state index contributed by atoms with van der Waals surface area (Å²) < 4.78 is 25.5. The van der Waals surface area contributed by atoms with E-state index in [1.165, 1.54) is 0 Å². The van der Waals surface area contributed by atoms with Crippen molar-refractivity contribution in [3.05, 3.63) is 95.3 Å². The van der Waals surface area contributed by atoms with Gasteiger partial charge in [0.1, 0.15) is 0 Å². The molecule has 0 spiro atoms. The topological polar surface area (TPSA) is 79.4 Å². The predicted octanol–water partition coefficient (Wildman–Crippen LogP) is 3.60. The van der Waals surface area contributed by atoms with Crippen molar-refractivity contribution in [2.45, 2.75) is 20.0 Å². The molecule has 150 valence electrons. The fraction of sp³-hybridized carbons (Fsp3) is 0.182. The highest BCUT2D eigenvalue weighted by Crippen LogP contribution is 2.19. The highest BCUT2D eigenvalue weighted by molar-refractivity contribution is 7.92. The number of aromatic nitrogens is 1. The van der Waals surface area contributed by atoms with Gasteiger partial charge in [-0.3, -0.25) is 14.5 Å². The van der Waals surface area contributed by atoms with Crippen LogP contribution in [0.3, 0.4) is 0 Å². The van der Waals surface area contributed by atoms with Crippen LogP contribution in [0.25, 0.3) is 0 Å². The van der Waals surface area contributed by atoms with E-state index < -0.39 is 10.0 Å². The minimum Gasteiger partial charge on any atom is -0.330 e. The second kappa shape index (κ2) is 8.87. The molecule has 0 aliphatic heterocycles. The van der Waals surface area contributed by atoms with Gasteiger partial charge in [-0.1, -0.05) is 36.4 Å². The van der Waals surface area contributed by atoms with Gasteiger partial charge < -0.3 is 4.90 Å². The fourth-order valence-electron chi connectivity index (χ4n) is 3.02. The monoisotopic (exact) mass is 409 g/mol. The molecular weight excluding hydrogens is 386 g/mol. The summed E-state index contributed by atoms with van der Waals surface area (Å²) in [5.41, 5.74) is 3.84. The van der Waals surface area contributed by atoms with Gasteiger partial charge in [-0.05, 0) is 47.9 Å². The maximum Gasteiger partial charge on any atom is 0.254 e. The van der Waals surface area contributed by atoms with Gasteiger partial charge in [0.05, 0.1) is 6.26 Å². The minimum absolute atomic E-state index is 0.186. The molecule has 0 saturated carbocycles. The molecule has 3 rings (SSSR count). The highest BCUT2D eigenvalue weighted by atomic mass is 32.2. The van der Waals surface area contributed by atoms with Crippen LogP contribution in [0.2, 0.25) is 0 Å². The molecule has 0 fully saturated rings. The molecule has 0 radical (unpaired) electrons. The number of amides is 1. The SMILES string of the molecule is Cc1ccccc1CN(Cc1cccnc1)C(=O)c1cccc(NS(C)(=O)=O)c1. The van der Waals surface area contributed by atoms with Gasteiger partial charge in [-0.2, -0.15) is 0 Å². The Labute approximate surface area is 171 Å². The van der Waals surface area contributed by atoms with Crippen molar-refractivity contribution in [2.75, 3.05) is 11.0 Å². The summed E-state index contributed by atoms with van der Waals surface area (Å²) in [4.78, 5) is 19.2. The number of rotatable bonds is 7. The van der Waals surface area contributed by atoms with Crippen LogP contribution in [0.4, 0.5) is 5.69 Å². The number of hydrogen-bond acceptors (Lipinski definition) is 4. The first-order valence-electron chi connectivity index (χ1n) is 9.12. The maximum absolute atomic E-state index is 13.3. The number of carbonyl (C=O) groups excluding carboxylic acids is 1. The van der Waals surface area contributed by atoms with Crippen LogP contribution >= 0.6 is 0 Å². The Hall–Kier alpha value is -3.19. The number of aryl methyl sites for hydroxylation is 1. The van der Waals surface area contributed by atoms with Crippen LogP contribution in [0, 0.1) is 6.92 Å². The van der Waals surface area contributed by atoms with Crippen molar-refractivity contribution in [1.29, 1.82) is 0 Å². The lowest BCUT2D eigenvalue weighted by molar-refractivity contribution is 0.0729. The average Bonchev–Trinajstić information content (AvgIpc) is 2.68. The Morgan fingerprint density at radius 1 is 1.03 bits per heavy atom. The van der Waals surface area contributed by atoms with E-state index in [-0.39, 0.29) is 5.91 Å². The molecule has 0 bridgehead atoms. The second-order valence-electron chi connectivity index (χ2n) is 6.90. The minimum atomic E-state index is -3.43. The number of pyridine rings is 1. The molecule has 1 heterocycles. The van der Waals surface area contributed by atoms with Gasteiger partial charge in [-0.15, -0.1) is 0 Å². The lowest BCUT2D eigenvalue weighted by atomic mass is 10.1. The van der Waals surface area contributed by atoms with E-state index in [4.69, 9.17) is 0 Å². The molecule has 0 atom stereocenters. The molecule has 0 aliphatic rings. The first kappa shape index (κ1) is 20.5. The molecule has 29 heavy (non-hydrogen) atoms. The Bertz CT molecular complexity index is 1100. The van der Waals surface area contributed by atoms with Crippen molar-refractivity contribution in [1.82, 2.24) is 9.88 Å². The number of carbonyl (C=O) groups is 1. The molecular formula is C22H23N3O3S. The van der Waals surface area contributed by atoms with Crippen LogP contribution in [0.15, 0.2) is 73.1 Å². The number of nitrogens with zero attached hydrogens (tertiary/aromatic N) is 2. The summed E-state index contributed by atoms with van der Waals surface area (Å²) in [7, 11) is -3.43. The van der Waals surface area contributed by atoms with E-state index in [9.17, 15) is 13.2 Å². The van der Waals surface area contributed by atoms with E-state index in [1.807, 2.05) is 43.3 Å². The Morgan fingerprint density at radius 3 is 2.52 bits per heavy atom. The van der Waals surface area contributed by atoms with Crippen LogP contribution in [0.5, 0.6) is 0 Å². The lowest BCUT2D eigenvalue weighted by Gasteiger charge is -2.24. The van der Waals surface area contributed by atoms with Crippen molar-refractivity contribution in [3.63, 3.8) is 0 Å². The zero-order valence-electron chi connectivity index (χ0n) is 16.4. The Morgan fingerprint density at radius 2 is 1.83 bits per heavy atom. The summed E-state index contributed by atoms with van der Waals surface area (Å²) in [6, 6.07) is 18.2. The van der Waals surface area contributed by atoms with Gasteiger partial charge >= 0.3 is 0 Å². The van der Waals surface area contributed by atoms with E-state index in [1.54, 1.807) is 41.6 Å². The van der Waals surface area contributed by atoms with Crippen molar-refractivity contribution >= 4 is 21.6 Å². The molecule has 1 aromatic heterocycles.